The van der Waals surface area contributed by atoms with Crippen LogP contribution in [-0.2, 0) is 22.4 Å². The van der Waals surface area contributed by atoms with E-state index in [1.807, 2.05) is 18.4 Å². The van der Waals surface area contributed by atoms with Gasteiger partial charge in [-0.3, -0.25) is 9.89 Å². The van der Waals surface area contributed by atoms with Gasteiger partial charge in [0.25, 0.3) is 0 Å². The fourth-order valence-electron chi connectivity index (χ4n) is 4.03. The van der Waals surface area contributed by atoms with Crippen LogP contribution in [0.3, 0.4) is 0 Å². The van der Waals surface area contributed by atoms with Gasteiger partial charge in [-0.15, -0.1) is 35.3 Å². The van der Waals surface area contributed by atoms with Crippen molar-refractivity contribution in [1.82, 2.24) is 15.1 Å². The molecule has 3 heterocycles. The Morgan fingerprint density at radius 2 is 2.10 bits per heavy atom. The molecule has 1 fully saturated rings. The number of rotatable bonds is 8. The third-order valence-electron chi connectivity index (χ3n) is 5.82. The fourth-order valence-corrected chi connectivity index (χ4v) is 4.92. The number of thiophene rings is 1. The van der Waals surface area contributed by atoms with Crippen molar-refractivity contribution in [2.45, 2.75) is 51.3 Å². The first-order valence-electron chi connectivity index (χ1n) is 10.6. The van der Waals surface area contributed by atoms with Crippen LogP contribution in [0, 0.1) is 0 Å². The summed E-state index contributed by atoms with van der Waals surface area (Å²) < 4.78 is 11.1. The van der Waals surface area contributed by atoms with Gasteiger partial charge >= 0.3 is 0 Å². The Bertz CT molecular complexity index is 620. The zero-order valence-electron chi connectivity index (χ0n) is 18.1. The molecule has 0 saturated carbocycles. The van der Waals surface area contributed by atoms with Gasteiger partial charge in [0.05, 0.1) is 6.10 Å². The molecule has 2 aliphatic rings. The maximum Gasteiger partial charge on any atom is 0.193 e. The molecule has 166 valence electrons. The highest BCUT2D eigenvalue weighted by molar-refractivity contribution is 14.0. The number of fused-ring (bicyclic) bond motifs is 1. The Labute approximate surface area is 197 Å². The summed E-state index contributed by atoms with van der Waals surface area (Å²) in [7, 11) is 3.63. The molecule has 0 spiro atoms. The third kappa shape index (κ3) is 7.34. The van der Waals surface area contributed by atoms with Crippen molar-refractivity contribution in [3.63, 3.8) is 0 Å². The second kappa shape index (κ2) is 13.1. The molecular weight excluding hydrogens is 499 g/mol. The van der Waals surface area contributed by atoms with E-state index in [-0.39, 0.29) is 24.0 Å². The Morgan fingerprint density at radius 3 is 2.83 bits per heavy atom. The average molecular weight is 537 g/mol. The lowest BCUT2D eigenvalue weighted by molar-refractivity contribution is 0.00985. The van der Waals surface area contributed by atoms with Gasteiger partial charge in [-0.05, 0) is 49.6 Å². The van der Waals surface area contributed by atoms with Crippen LogP contribution in [0.2, 0.25) is 0 Å². The number of nitrogens with one attached hydrogen (secondary N) is 1. The highest BCUT2D eigenvalue weighted by Crippen LogP contribution is 2.25. The number of hydrogen-bond donors (Lipinski definition) is 1. The minimum Gasteiger partial charge on any atom is -0.385 e. The maximum atomic E-state index is 5.97. The van der Waals surface area contributed by atoms with Gasteiger partial charge < -0.3 is 19.7 Å². The molecule has 1 aromatic rings. The smallest absolute Gasteiger partial charge is 0.193 e. The van der Waals surface area contributed by atoms with E-state index >= 15 is 0 Å². The number of likely N-dealkylation sites (tertiary alicyclic amines) is 1. The number of halogens is 1. The first kappa shape index (κ1) is 24.8. The Kier molecular flexibility index (Phi) is 11.2. The molecule has 1 N–H and O–H groups in total. The van der Waals surface area contributed by atoms with E-state index in [0.29, 0.717) is 12.1 Å². The van der Waals surface area contributed by atoms with E-state index < -0.39 is 0 Å². The Hall–Kier alpha value is -0.420. The van der Waals surface area contributed by atoms with Crippen LogP contribution >= 0.6 is 35.3 Å². The summed E-state index contributed by atoms with van der Waals surface area (Å²) >= 11 is 1.90. The van der Waals surface area contributed by atoms with Gasteiger partial charge in [0, 0.05) is 71.0 Å². The van der Waals surface area contributed by atoms with E-state index in [4.69, 9.17) is 9.47 Å². The minimum absolute atomic E-state index is 0. The van der Waals surface area contributed by atoms with Crippen molar-refractivity contribution in [3.05, 3.63) is 21.9 Å². The summed E-state index contributed by atoms with van der Waals surface area (Å²) in [4.78, 5) is 11.0. The molecule has 1 saturated heterocycles. The Morgan fingerprint density at radius 1 is 1.31 bits per heavy atom. The molecule has 1 aromatic heterocycles. The van der Waals surface area contributed by atoms with Crippen LogP contribution in [0.4, 0.5) is 0 Å². The summed E-state index contributed by atoms with van der Waals surface area (Å²) in [6.07, 6.45) is 4.66. The topological polar surface area (TPSA) is 49.3 Å². The van der Waals surface area contributed by atoms with Crippen molar-refractivity contribution in [2.75, 3.05) is 53.6 Å². The van der Waals surface area contributed by atoms with Gasteiger partial charge in [0.1, 0.15) is 0 Å². The normalized spacial score (nSPS) is 19.6. The van der Waals surface area contributed by atoms with E-state index in [0.717, 1.165) is 71.2 Å². The lowest BCUT2D eigenvalue weighted by Crippen LogP contribution is -2.50. The molecule has 0 aliphatic carbocycles. The van der Waals surface area contributed by atoms with Gasteiger partial charge in [-0.2, -0.15) is 0 Å². The molecule has 1 atom stereocenters. The minimum atomic E-state index is 0. The number of nitrogens with zero attached hydrogens (tertiary/aromatic N) is 3. The zero-order chi connectivity index (χ0) is 19.8. The fraction of sp³-hybridized carbons (Fsp3) is 0.762. The molecule has 0 radical (unpaired) electrons. The predicted octanol–water partition coefficient (Wildman–Crippen LogP) is 3.21. The lowest BCUT2D eigenvalue weighted by atomic mass is 10.1. The van der Waals surface area contributed by atoms with Crippen LogP contribution in [0.25, 0.3) is 0 Å². The van der Waals surface area contributed by atoms with Crippen LogP contribution in [0.1, 0.15) is 36.6 Å². The Balaban J connectivity index is 0.00000300. The molecular formula is C21H37IN4O2S. The molecule has 8 heteroatoms. The van der Waals surface area contributed by atoms with Crippen molar-refractivity contribution in [2.24, 2.45) is 4.99 Å². The van der Waals surface area contributed by atoms with E-state index in [9.17, 15) is 0 Å². The van der Waals surface area contributed by atoms with Crippen LogP contribution in [0.5, 0.6) is 0 Å². The molecule has 29 heavy (non-hydrogen) atoms. The summed E-state index contributed by atoms with van der Waals surface area (Å²) in [5.41, 5.74) is 1.51. The number of hydrogen-bond acceptors (Lipinski definition) is 5. The van der Waals surface area contributed by atoms with Crippen LogP contribution in [-0.4, -0.2) is 81.5 Å². The van der Waals surface area contributed by atoms with Crippen molar-refractivity contribution in [1.29, 1.82) is 0 Å². The van der Waals surface area contributed by atoms with Crippen molar-refractivity contribution in [3.8, 4) is 0 Å². The summed E-state index contributed by atoms with van der Waals surface area (Å²) in [6, 6.07) is 2.78. The van der Waals surface area contributed by atoms with E-state index in [1.165, 1.54) is 12.0 Å². The number of ether oxygens (including phenoxy) is 2. The van der Waals surface area contributed by atoms with Gasteiger partial charge in [-0.1, -0.05) is 0 Å². The quantitative estimate of drug-likeness (QED) is 0.240. The monoisotopic (exact) mass is 536 g/mol. The average Bonchev–Trinajstić information content (AvgIpc) is 3.20. The summed E-state index contributed by atoms with van der Waals surface area (Å²) in [5.74, 6) is 1.03. The molecule has 0 bridgehead atoms. The second-order valence-corrected chi connectivity index (χ2v) is 8.77. The third-order valence-corrected chi connectivity index (χ3v) is 6.84. The molecule has 6 nitrogen and oxygen atoms in total. The first-order chi connectivity index (χ1) is 13.7. The molecule has 3 rings (SSSR count). The highest BCUT2D eigenvalue weighted by atomic mass is 127. The van der Waals surface area contributed by atoms with Crippen molar-refractivity contribution >= 4 is 41.3 Å². The number of guanidine groups is 1. The zero-order valence-corrected chi connectivity index (χ0v) is 21.2. The predicted molar refractivity (Wildman–Crippen MR) is 132 cm³/mol. The van der Waals surface area contributed by atoms with E-state index in [2.05, 4.69) is 38.5 Å². The first-order valence-corrected chi connectivity index (χ1v) is 11.4. The lowest BCUT2D eigenvalue weighted by Gasteiger charge is -2.36. The summed E-state index contributed by atoms with van der Waals surface area (Å²) in [5, 5.41) is 5.83. The SMILES string of the molecule is CN=C(NCC(C)N1CCc2sccc2C1)N1CCC(OCCCOC)CC1.I. The number of piperidine rings is 1. The van der Waals surface area contributed by atoms with Gasteiger partial charge in [0.15, 0.2) is 5.96 Å². The number of aliphatic imine (C=N–C) groups is 1. The van der Waals surface area contributed by atoms with Crippen LogP contribution in [0.15, 0.2) is 16.4 Å². The maximum absolute atomic E-state index is 5.97. The molecule has 0 aromatic carbocycles. The summed E-state index contributed by atoms with van der Waals surface area (Å²) in [6.45, 7) is 9.06. The molecule has 0 amide bonds. The second-order valence-electron chi connectivity index (χ2n) is 7.77. The molecule has 1 unspecified atom stereocenters. The number of methoxy groups -OCH3 is 1. The van der Waals surface area contributed by atoms with Gasteiger partial charge in [-0.25, -0.2) is 0 Å². The standard InChI is InChI=1S/C21H36N4O2S.HI/c1-17(25-11-7-20-18(16-25)8-14-28-20)15-23-21(22-2)24-9-5-19(6-10-24)27-13-4-12-26-3;/h8,14,17,19H,4-7,9-13,15-16H2,1-3H3,(H,22,23);1H. The van der Waals surface area contributed by atoms with Crippen LogP contribution < -0.4 is 5.32 Å². The largest absolute Gasteiger partial charge is 0.385 e. The van der Waals surface area contributed by atoms with Crippen molar-refractivity contribution < 1.29 is 9.47 Å². The van der Waals surface area contributed by atoms with E-state index in [1.54, 1.807) is 12.0 Å². The molecule has 2 aliphatic heterocycles. The highest BCUT2D eigenvalue weighted by Gasteiger charge is 2.24. The van der Waals surface area contributed by atoms with Gasteiger partial charge in [0.2, 0.25) is 0 Å².